The minimum atomic E-state index is 0.584. The van der Waals surface area contributed by atoms with Crippen molar-refractivity contribution in [1.82, 2.24) is 15.0 Å². The molecule has 3 aromatic heterocycles. The maximum Gasteiger partial charge on any atom is 0.164 e. The van der Waals surface area contributed by atoms with Gasteiger partial charge in [0.25, 0.3) is 0 Å². The van der Waals surface area contributed by atoms with Crippen LogP contribution in [-0.2, 0) is 0 Å². The van der Waals surface area contributed by atoms with Crippen LogP contribution in [0.15, 0.2) is 173 Å². The molecule has 52 heavy (non-hydrogen) atoms. The highest BCUT2D eigenvalue weighted by Crippen LogP contribution is 2.42. The van der Waals surface area contributed by atoms with Crippen LogP contribution in [0.4, 0.5) is 0 Å². The number of nitrogens with zero attached hydrogens (tertiary/aromatic N) is 3. The zero-order valence-electron chi connectivity index (χ0n) is 27.7. The number of rotatable bonds is 4. The van der Waals surface area contributed by atoms with Gasteiger partial charge in [-0.15, -0.1) is 0 Å². The lowest BCUT2D eigenvalue weighted by Crippen LogP contribution is -2.01. The lowest BCUT2D eigenvalue weighted by Gasteiger charge is -2.11. The van der Waals surface area contributed by atoms with E-state index < -0.39 is 0 Å². The average Bonchev–Trinajstić information content (AvgIpc) is 3.79. The third-order valence-electron chi connectivity index (χ3n) is 10.1. The van der Waals surface area contributed by atoms with Crippen LogP contribution in [0.2, 0.25) is 0 Å². The maximum atomic E-state index is 6.62. The molecule has 5 heteroatoms. The Balaban J connectivity index is 1.18. The highest BCUT2D eigenvalue weighted by molar-refractivity contribution is 6.19. The molecule has 11 rings (SSSR count). The van der Waals surface area contributed by atoms with Gasteiger partial charge in [0.05, 0.1) is 0 Å². The van der Waals surface area contributed by atoms with Gasteiger partial charge in [-0.25, -0.2) is 15.0 Å². The third kappa shape index (κ3) is 4.46. The highest BCUT2D eigenvalue weighted by atomic mass is 16.3. The van der Waals surface area contributed by atoms with Crippen molar-refractivity contribution >= 4 is 65.4 Å². The van der Waals surface area contributed by atoms with Crippen LogP contribution in [-0.4, -0.2) is 15.0 Å². The number of furan rings is 2. The number of hydrogen-bond acceptors (Lipinski definition) is 5. The van der Waals surface area contributed by atoms with Crippen LogP contribution in [0.5, 0.6) is 0 Å². The normalized spacial score (nSPS) is 11.8. The van der Waals surface area contributed by atoms with Crippen molar-refractivity contribution in [2.45, 2.75) is 0 Å². The molecule has 0 unspecified atom stereocenters. The van der Waals surface area contributed by atoms with Gasteiger partial charge in [0.15, 0.2) is 17.5 Å². The first-order chi connectivity index (χ1) is 25.7. The molecule has 5 nitrogen and oxygen atoms in total. The van der Waals surface area contributed by atoms with E-state index in [2.05, 4.69) is 103 Å². The van der Waals surface area contributed by atoms with Crippen molar-refractivity contribution in [1.29, 1.82) is 0 Å². The van der Waals surface area contributed by atoms with E-state index in [4.69, 9.17) is 23.8 Å². The fourth-order valence-electron chi connectivity index (χ4n) is 7.63. The Morgan fingerprint density at radius 1 is 0.327 bits per heavy atom. The lowest BCUT2D eigenvalue weighted by atomic mass is 9.97. The standard InChI is InChI=1S/C47H27N3O2/c1-2-12-29(13-3-1)45-48-46(36-18-10-20-42-43(36)35-17-8-9-19-40(35)51-42)50-47(49-45)39-27-38-37-26-32(31-22-21-28-11-4-5-14-30(28)25-31)23-24-41(37)52-44(38)34-16-7-6-15-33(34)39/h1-27H. The van der Waals surface area contributed by atoms with Gasteiger partial charge in [-0.1, -0.05) is 127 Å². The molecule has 0 spiro atoms. The molecule has 242 valence electrons. The predicted molar refractivity (Wildman–Crippen MR) is 211 cm³/mol. The summed E-state index contributed by atoms with van der Waals surface area (Å²) < 4.78 is 12.9. The van der Waals surface area contributed by atoms with E-state index in [0.717, 1.165) is 82.5 Å². The fourth-order valence-corrected chi connectivity index (χ4v) is 7.63. The molecule has 0 N–H and O–H groups in total. The Kier molecular flexibility index (Phi) is 6.18. The summed E-state index contributed by atoms with van der Waals surface area (Å²) in [6.07, 6.45) is 0. The molecule has 0 aliphatic heterocycles. The Bertz CT molecular complexity index is 3190. The third-order valence-corrected chi connectivity index (χ3v) is 10.1. The van der Waals surface area contributed by atoms with E-state index in [1.807, 2.05) is 60.7 Å². The van der Waals surface area contributed by atoms with Gasteiger partial charge < -0.3 is 8.83 Å². The van der Waals surface area contributed by atoms with Gasteiger partial charge in [-0.3, -0.25) is 0 Å². The Morgan fingerprint density at radius 3 is 1.87 bits per heavy atom. The summed E-state index contributed by atoms with van der Waals surface area (Å²) in [4.78, 5) is 15.5. The largest absolute Gasteiger partial charge is 0.456 e. The molecule has 0 aliphatic carbocycles. The Labute approximate surface area is 297 Å². The first-order valence-corrected chi connectivity index (χ1v) is 17.3. The van der Waals surface area contributed by atoms with Crippen molar-refractivity contribution < 1.29 is 8.83 Å². The van der Waals surface area contributed by atoms with Gasteiger partial charge in [0, 0.05) is 43.6 Å². The molecule has 0 fully saturated rings. The summed E-state index contributed by atoms with van der Waals surface area (Å²) in [7, 11) is 0. The predicted octanol–water partition coefficient (Wildman–Crippen LogP) is 12.6. The molecule has 3 heterocycles. The summed E-state index contributed by atoms with van der Waals surface area (Å²) in [5, 5.41) is 8.51. The highest BCUT2D eigenvalue weighted by Gasteiger charge is 2.21. The number of para-hydroxylation sites is 1. The zero-order chi connectivity index (χ0) is 34.2. The molecular weight excluding hydrogens is 639 g/mol. The SMILES string of the molecule is c1ccc(-c2nc(-c3cc4c5cc(-c6ccc7ccccc7c6)ccc5oc4c4ccccc34)nc(-c3cccc4oc5ccccc5c34)n2)cc1. The van der Waals surface area contributed by atoms with E-state index in [9.17, 15) is 0 Å². The van der Waals surface area contributed by atoms with Gasteiger partial charge >= 0.3 is 0 Å². The summed E-state index contributed by atoms with van der Waals surface area (Å²) in [5.74, 6) is 1.78. The first-order valence-electron chi connectivity index (χ1n) is 17.3. The second-order valence-corrected chi connectivity index (χ2v) is 13.2. The molecule has 8 aromatic carbocycles. The van der Waals surface area contributed by atoms with Gasteiger partial charge in [-0.05, 0) is 63.7 Å². The van der Waals surface area contributed by atoms with Crippen LogP contribution >= 0.6 is 0 Å². The monoisotopic (exact) mass is 665 g/mol. The number of benzene rings is 8. The van der Waals surface area contributed by atoms with Crippen molar-refractivity contribution in [3.63, 3.8) is 0 Å². The second kappa shape index (κ2) is 11.2. The Morgan fingerprint density at radius 2 is 0.981 bits per heavy atom. The topological polar surface area (TPSA) is 65.0 Å². The van der Waals surface area contributed by atoms with Crippen LogP contribution in [0.1, 0.15) is 0 Å². The lowest BCUT2D eigenvalue weighted by molar-refractivity contribution is 0.669. The summed E-state index contributed by atoms with van der Waals surface area (Å²) in [5.41, 5.74) is 8.30. The molecular formula is C47H27N3O2. The molecule has 0 atom stereocenters. The molecule has 0 aliphatic rings. The second-order valence-electron chi connectivity index (χ2n) is 13.2. The summed E-state index contributed by atoms with van der Waals surface area (Å²) in [6.45, 7) is 0. The van der Waals surface area contributed by atoms with Crippen LogP contribution in [0.3, 0.4) is 0 Å². The number of hydrogen-bond donors (Lipinski definition) is 0. The van der Waals surface area contributed by atoms with Gasteiger partial charge in [0.2, 0.25) is 0 Å². The summed E-state index contributed by atoms with van der Waals surface area (Å²) in [6, 6.07) is 56.3. The van der Waals surface area contributed by atoms with Gasteiger partial charge in [0.1, 0.15) is 22.3 Å². The molecule has 11 aromatic rings. The molecule has 0 saturated heterocycles. The van der Waals surface area contributed by atoms with Crippen LogP contribution in [0, 0.1) is 0 Å². The smallest absolute Gasteiger partial charge is 0.164 e. The Hall–Kier alpha value is -7.11. The van der Waals surface area contributed by atoms with E-state index in [1.165, 1.54) is 10.8 Å². The maximum absolute atomic E-state index is 6.62. The zero-order valence-corrected chi connectivity index (χ0v) is 27.7. The van der Waals surface area contributed by atoms with Crippen LogP contribution < -0.4 is 0 Å². The molecule has 0 radical (unpaired) electrons. The fraction of sp³-hybridized carbons (Fsp3) is 0. The molecule has 0 bridgehead atoms. The van der Waals surface area contributed by atoms with E-state index in [1.54, 1.807) is 0 Å². The molecule has 0 amide bonds. The average molecular weight is 666 g/mol. The van der Waals surface area contributed by atoms with Crippen molar-refractivity contribution in [3.8, 4) is 45.3 Å². The van der Waals surface area contributed by atoms with Gasteiger partial charge in [-0.2, -0.15) is 0 Å². The van der Waals surface area contributed by atoms with E-state index in [0.29, 0.717) is 17.5 Å². The van der Waals surface area contributed by atoms with E-state index >= 15 is 0 Å². The first kappa shape index (κ1) is 28.7. The quantitative estimate of drug-likeness (QED) is 0.187. The van der Waals surface area contributed by atoms with Crippen LogP contribution in [0.25, 0.3) is 111 Å². The number of aromatic nitrogens is 3. The minimum absolute atomic E-state index is 0.584. The van der Waals surface area contributed by atoms with E-state index in [-0.39, 0.29) is 0 Å². The minimum Gasteiger partial charge on any atom is -0.456 e. The molecule has 0 saturated carbocycles. The summed E-state index contributed by atoms with van der Waals surface area (Å²) >= 11 is 0. The van der Waals surface area contributed by atoms with Crippen molar-refractivity contribution in [2.24, 2.45) is 0 Å². The van der Waals surface area contributed by atoms with Crippen molar-refractivity contribution in [2.75, 3.05) is 0 Å². The number of fused-ring (bicyclic) bond motifs is 9. The van der Waals surface area contributed by atoms with Crippen molar-refractivity contribution in [3.05, 3.63) is 164 Å².